The van der Waals surface area contributed by atoms with Gasteiger partial charge in [0.05, 0.1) is 0 Å². The van der Waals surface area contributed by atoms with Gasteiger partial charge in [-0.15, -0.1) is 29.7 Å². The zero-order valence-corrected chi connectivity index (χ0v) is 6.50. The summed E-state index contributed by atoms with van der Waals surface area (Å²) < 4.78 is 0. The Morgan fingerprint density at radius 1 is 1.00 bits per heavy atom. The first-order valence-corrected chi connectivity index (χ1v) is 3.07. The van der Waals surface area contributed by atoms with Gasteiger partial charge in [-0.25, -0.2) is 0 Å². The van der Waals surface area contributed by atoms with E-state index in [4.69, 9.17) is 0 Å². The third-order valence-corrected chi connectivity index (χ3v) is 1.55. The van der Waals surface area contributed by atoms with Crippen molar-refractivity contribution in [1.82, 2.24) is 0 Å². The molecule has 0 aromatic heterocycles. The molecule has 0 saturated carbocycles. The SMILES string of the molecule is [Fe].c1ccc2[cH-]ccc2c1. The van der Waals surface area contributed by atoms with Crippen molar-refractivity contribution in [2.75, 3.05) is 0 Å². The quantitative estimate of drug-likeness (QED) is 0.422. The van der Waals surface area contributed by atoms with E-state index in [-0.39, 0.29) is 17.1 Å². The molecule has 0 spiro atoms. The molecule has 2 aromatic carbocycles. The maximum absolute atomic E-state index is 2.12. The zero-order chi connectivity index (χ0) is 6.10. The molecular formula is C9H7Fe-. The molecule has 0 aliphatic rings. The van der Waals surface area contributed by atoms with Gasteiger partial charge in [-0.3, -0.25) is 0 Å². The summed E-state index contributed by atoms with van der Waals surface area (Å²) in [5.74, 6) is 0. The Labute approximate surface area is 70.7 Å². The standard InChI is InChI=1S/C9H7.Fe/c1-2-5-9-7-3-6-8(9)4-1;/h1-7H;/q-1;. The second-order valence-corrected chi connectivity index (χ2v) is 2.15. The van der Waals surface area contributed by atoms with Gasteiger partial charge in [0.2, 0.25) is 0 Å². The summed E-state index contributed by atoms with van der Waals surface area (Å²) >= 11 is 0. The van der Waals surface area contributed by atoms with Crippen molar-refractivity contribution in [3.05, 3.63) is 42.5 Å². The van der Waals surface area contributed by atoms with Crippen LogP contribution in [-0.4, -0.2) is 0 Å². The third-order valence-electron chi connectivity index (χ3n) is 1.55. The fourth-order valence-electron chi connectivity index (χ4n) is 1.07. The van der Waals surface area contributed by atoms with Crippen LogP contribution in [0.4, 0.5) is 0 Å². The van der Waals surface area contributed by atoms with Crippen molar-refractivity contribution in [3.63, 3.8) is 0 Å². The molecule has 0 amide bonds. The van der Waals surface area contributed by atoms with E-state index in [2.05, 4.69) is 42.5 Å². The maximum Gasteiger partial charge on any atom is 0 e. The summed E-state index contributed by atoms with van der Waals surface area (Å²) in [6, 6.07) is 14.7. The van der Waals surface area contributed by atoms with Gasteiger partial charge >= 0.3 is 0 Å². The van der Waals surface area contributed by atoms with Crippen LogP contribution in [0.3, 0.4) is 0 Å². The van der Waals surface area contributed by atoms with Crippen LogP contribution in [0.25, 0.3) is 10.8 Å². The molecule has 0 nitrogen and oxygen atoms in total. The van der Waals surface area contributed by atoms with Crippen molar-refractivity contribution >= 4 is 10.8 Å². The van der Waals surface area contributed by atoms with Gasteiger partial charge in [-0.05, 0) is 0 Å². The number of rotatable bonds is 0. The van der Waals surface area contributed by atoms with E-state index in [1.807, 2.05) is 0 Å². The first-order chi connectivity index (χ1) is 4.47. The fourth-order valence-corrected chi connectivity index (χ4v) is 1.07. The molecule has 0 atom stereocenters. The topological polar surface area (TPSA) is 0 Å². The average Bonchev–Trinajstić information content (AvgIpc) is 2.33. The molecule has 0 heterocycles. The Hall–Kier alpha value is -0.651. The molecule has 0 N–H and O–H groups in total. The van der Waals surface area contributed by atoms with Crippen molar-refractivity contribution in [2.24, 2.45) is 0 Å². The zero-order valence-electron chi connectivity index (χ0n) is 5.40. The van der Waals surface area contributed by atoms with Crippen LogP contribution in [-0.2, 0) is 17.1 Å². The van der Waals surface area contributed by atoms with Crippen LogP contribution in [0.5, 0.6) is 0 Å². The van der Waals surface area contributed by atoms with E-state index in [0.717, 1.165) is 0 Å². The summed E-state index contributed by atoms with van der Waals surface area (Å²) in [4.78, 5) is 0. The van der Waals surface area contributed by atoms with Gasteiger partial charge in [0.1, 0.15) is 0 Å². The fraction of sp³-hybridized carbons (Fsp3) is 0. The van der Waals surface area contributed by atoms with Crippen molar-refractivity contribution < 1.29 is 17.1 Å². The van der Waals surface area contributed by atoms with E-state index in [1.165, 1.54) is 10.8 Å². The van der Waals surface area contributed by atoms with Gasteiger partial charge in [0.25, 0.3) is 0 Å². The first-order valence-electron chi connectivity index (χ1n) is 3.07. The van der Waals surface area contributed by atoms with Gasteiger partial charge in [0, 0.05) is 17.1 Å². The maximum atomic E-state index is 2.12. The minimum atomic E-state index is 0. The molecule has 0 radical (unpaired) electrons. The van der Waals surface area contributed by atoms with E-state index in [9.17, 15) is 0 Å². The minimum absolute atomic E-state index is 0. The minimum Gasteiger partial charge on any atom is -0.168 e. The smallest absolute Gasteiger partial charge is 0 e. The molecule has 0 bridgehead atoms. The molecule has 0 saturated heterocycles. The Balaban J connectivity index is 0.000000500. The van der Waals surface area contributed by atoms with Crippen molar-refractivity contribution in [2.45, 2.75) is 0 Å². The van der Waals surface area contributed by atoms with Crippen molar-refractivity contribution in [3.8, 4) is 0 Å². The molecule has 1 heteroatoms. The second kappa shape index (κ2) is 2.96. The van der Waals surface area contributed by atoms with Gasteiger partial charge in [0.15, 0.2) is 0 Å². The van der Waals surface area contributed by atoms with E-state index >= 15 is 0 Å². The molecule has 10 heavy (non-hydrogen) atoms. The molecule has 0 aliphatic carbocycles. The Morgan fingerprint density at radius 3 is 2.60 bits per heavy atom. The molecule has 2 rings (SSSR count). The summed E-state index contributed by atoms with van der Waals surface area (Å²) in [6.07, 6.45) is 0. The predicted octanol–water partition coefficient (Wildman–Crippen LogP) is 2.56. The van der Waals surface area contributed by atoms with Crippen LogP contribution in [0.2, 0.25) is 0 Å². The molecule has 0 unspecified atom stereocenters. The largest absolute Gasteiger partial charge is 0.168 e. The monoisotopic (exact) mass is 171 g/mol. The number of benzene rings is 1. The summed E-state index contributed by atoms with van der Waals surface area (Å²) in [7, 11) is 0. The van der Waals surface area contributed by atoms with Crippen LogP contribution < -0.4 is 0 Å². The van der Waals surface area contributed by atoms with Crippen LogP contribution in [0, 0.1) is 0 Å². The molecule has 0 aliphatic heterocycles. The molecular weight excluding hydrogens is 164 g/mol. The average molecular weight is 171 g/mol. The Morgan fingerprint density at radius 2 is 1.80 bits per heavy atom. The Bertz CT molecular complexity index is 279. The van der Waals surface area contributed by atoms with Crippen LogP contribution in [0.15, 0.2) is 42.5 Å². The normalized spacial score (nSPS) is 9.20. The summed E-state index contributed by atoms with van der Waals surface area (Å²) in [5.41, 5.74) is 0. The van der Waals surface area contributed by atoms with E-state index < -0.39 is 0 Å². The Kier molecular flexibility index (Phi) is 2.20. The van der Waals surface area contributed by atoms with Crippen molar-refractivity contribution in [1.29, 1.82) is 0 Å². The number of fused-ring (bicyclic) bond motifs is 1. The van der Waals surface area contributed by atoms with Crippen LogP contribution in [0.1, 0.15) is 0 Å². The van der Waals surface area contributed by atoms with Crippen LogP contribution >= 0.6 is 0 Å². The third kappa shape index (κ3) is 1.11. The molecule has 2 aromatic rings. The number of hydrogen-bond donors (Lipinski definition) is 0. The second-order valence-electron chi connectivity index (χ2n) is 2.15. The number of hydrogen-bond acceptors (Lipinski definition) is 0. The predicted molar refractivity (Wildman–Crippen MR) is 39.5 cm³/mol. The molecule has 0 fully saturated rings. The first kappa shape index (κ1) is 7.46. The summed E-state index contributed by atoms with van der Waals surface area (Å²) in [5, 5.41) is 2.66. The van der Waals surface area contributed by atoms with E-state index in [0.29, 0.717) is 0 Å². The van der Waals surface area contributed by atoms with Gasteiger partial charge < -0.3 is 0 Å². The van der Waals surface area contributed by atoms with E-state index in [1.54, 1.807) is 0 Å². The summed E-state index contributed by atoms with van der Waals surface area (Å²) in [6.45, 7) is 0. The van der Waals surface area contributed by atoms with Gasteiger partial charge in [-0.2, -0.15) is 17.5 Å². The molecule has 52 valence electrons. The van der Waals surface area contributed by atoms with Gasteiger partial charge in [-0.1, -0.05) is 6.07 Å².